The largest absolute Gasteiger partial charge is 0.466 e. The highest BCUT2D eigenvalue weighted by atomic mass is 16.5. The normalized spacial score (nSPS) is 13.0. The van der Waals surface area contributed by atoms with E-state index in [0.717, 1.165) is 96.3 Å². The summed E-state index contributed by atoms with van der Waals surface area (Å²) in [6.45, 7) is 4.76. The van der Waals surface area contributed by atoms with Crippen LogP contribution in [-0.4, -0.2) is 47.4 Å². The number of hydrogen-bond acceptors (Lipinski definition) is 5. The van der Waals surface area contributed by atoms with Crippen molar-refractivity contribution in [1.82, 2.24) is 5.32 Å². The van der Waals surface area contributed by atoms with Gasteiger partial charge in [0.1, 0.15) is 0 Å². The van der Waals surface area contributed by atoms with Gasteiger partial charge in [0.05, 0.1) is 25.4 Å². The first-order valence-electron chi connectivity index (χ1n) is 27.9. The quantitative estimate of drug-likeness (QED) is 0.0321. The van der Waals surface area contributed by atoms with Crippen molar-refractivity contribution in [2.75, 3.05) is 13.2 Å². The molecule has 6 nitrogen and oxygen atoms in total. The minimum absolute atomic E-state index is 0.0485. The molecule has 0 aromatic carbocycles. The van der Waals surface area contributed by atoms with Crippen molar-refractivity contribution in [3.63, 3.8) is 0 Å². The van der Waals surface area contributed by atoms with Gasteiger partial charge in [-0.05, 0) is 83.5 Å². The number of hydrogen-bond donors (Lipinski definition) is 3. The molecule has 0 bridgehead atoms. The zero-order chi connectivity index (χ0) is 46.5. The lowest BCUT2D eigenvalue weighted by Gasteiger charge is -2.20. The van der Waals surface area contributed by atoms with Crippen LogP contribution in [0.3, 0.4) is 0 Å². The van der Waals surface area contributed by atoms with Gasteiger partial charge in [-0.25, -0.2) is 0 Å². The number of allylic oxidation sites excluding steroid dienone is 7. The first-order valence-corrected chi connectivity index (χ1v) is 27.9. The van der Waals surface area contributed by atoms with Crippen LogP contribution in [0.1, 0.15) is 284 Å². The molecule has 2 unspecified atom stereocenters. The maximum atomic E-state index is 12.5. The number of carbonyl (C=O) groups is 2. The summed E-state index contributed by atoms with van der Waals surface area (Å²) in [5.41, 5.74) is 0. The average molecular weight is 898 g/mol. The molecule has 6 heteroatoms. The summed E-state index contributed by atoms with van der Waals surface area (Å²) in [7, 11) is 0. The van der Waals surface area contributed by atoms with Crippen molar-refractivity contribution < 1.29 is 24.5 Å². The summed E-state index contributed by atoms with van der Waals surface area (Å²) in [6, 6.07) is -0.652. The summed E-state index contributed by atoms with van der Waals surface area (Å²) in [5.74, 6) is -0.146. The van der Waals surface area contributed by atoms with Crippen LogP contribution in [0.15, 0.2) is 48.6 Å². The Hall–Kier alpha value is -2.18. The van der Waals surface area contributed by atoms with E-state index in [0.29, 0.717) is 19.4 Å². The van der Waals surface area contributed by atoms with Crippen LogP contribution >= 0.6 is 0 Å². The molecule has 0 radical (unpaired) electrons. The maximum Gasteiger partial charge on any atom is 0.305 e. The Morgan fingerprint density at radius 1 is 0.438 bits per heavy atom. The van der Waals surface area contributed by atoms with Gasteiger partial charge in [0.15, 0.2) is 0 Å². The van der Waals surface area contributed by atoms with Crippen molar-refractivity contribution in [3.05, 3.63) is 48.6 Å². The second-order valence-electron chi connectivity index (χ2n) is 18.9. The van der Waals surface area contributed by atoms with Gasteiger partial charge in [0.25, 0.3) is 0 Å². The van der Waals surface area contributed by atoms with Gasteiger partial charge in [-0.15, -0.1) is 0 Å². The van der Waals surface area contributed by atoms with Crippen LogP contribution in [0.2, 0.25) is 0 Å². The van der Waals surface area contributed by atoms with Crippen molar-refractivity contribution in [2.45, 2.75) is 296 Å². The standard InChI is InChI=1S/C58H107NO5/c1-3-5-7-9-11-13-15-17-18-19-20-21-22-23-24-25-26-28-30-34-38-42-46-50-56(61)55(54-60)59-57(62)51-47-43-39-35-31-29-33-37-41-45-49-53-64-58(63)52-48-44-40-36-32-27-16-14-12-10-8-6-4-2/h8,10,14,16,33,37,46,50,55-56,60-61H,3-7,9,11-13,15,17-32,34-36,38-45,47-49,51-54H2,1-2H3,(H,59,62)/b10-8-,16-14-,37-33-,50-46+. The fraction of sp³-hybridized carbons (Fsp3) is 0.828. The number of amides is 1. The Morgan fingerprint density at radius 3 is 1.27 bits per heavy atom. The first kappa shape index (κ1) is 61.8. The minimum Gasteiger partial charge on any atom is -0.466 e. The second kappa shape index (κ2) is 53.4. The Bertz CT molecular complexity index is 1080. The van der Waals surface area contributed by atoms with Gasteiger partial charge in [-0.1, -0.05) is 236 Å². The topological polar surface area (TPSA) is 95.9 Å². The van der Waals surface area contributed by atoms with E-state index in [1.165, 1.54) is 161 Å². The number of esters is 1. The summed E-state index contributed by atoms with van der Waals surface area (Å²) >= 11 is 0. The summed E-state index contributed by atoms with van der Waals surface area (Å²) in [5, 5.41) is 23.1. The number of rotatable bonds is 51. The molecule has 64 heavy (non-hydrogen) atoms. The third-order valence-electron chi connectivity index (χ3n) is 12.5. The molecule has 0 aromatic rings. The van der Waals surface area contributed by atoms with Crippen LogP contribution in [0.25, 0.3) is 0 Å². The molecule has 0 spiro atoms. The van der Waals surface area contributed by atoms with E-state index in [1.807, 2.05) is 6.08 Å². The van der Waals surface area contributed by atoms with E-state index >= 15 is 0 Å². The molecule has 0 rings (SSSR count). The predicted octanol–water partition coefficient (Wildman–Crippen LogP) is 17.0. The summed E-state index contributed by atoms with van der Waals surface area (Å²) < 4.78 is 5.42. The fourth-order valence-electron chi connectivity index (χ4n) is 8.25. The number of nitrogens with one attached hydrogen (secondary N) is 1. The highest BCUT2D eigenvalue weighted by Gasteiger charge is 2.18. The van der Waals surface area contributed by atoms with E-state index in [9.17, 15) is 19.8 Å². The van der Waals surface area contributed by atoms with Gasteiger partial charge in [-0.2, -0.15) is 0 Å². The van der Waals surface area contributed by atoms with Crippen molar-refractivity contribution in [2.24, 2.45) is 0 Å². The lowest BCUT2D eigenvalue weighted by atomic mass is 10.0. The number of aliphatic hydroxyl groups excluding tert-OH is 2. The van der Waals surface area contributed by atoms with Gasteiger partial charge in [0.2, 0.25) is 5.91 Å². The van der Waals surface area contributed by atoms with Crippen molar-refractivity contribution >= 4 is 11.9 Å². The van der Waals surface area contributed by atoms with Crippen LogP contribution in [-0.2, 0) is 14.3 Å². The average Bonchev–Trinajstić information content (AvgIpc) is 3.29. The Kier molecular flexibility index (Phi) is 51.6. The molecule has 0 aromatic heterocycles. The number of ether oxygens (including phenoxy) is 1. The van der Waals surface area contributed by atoms with Gasteiger partial charge in [-0.3, -0.25) is 9.59 Å². The Labute approximate surface area is 397 Å². The molecule has 2 atom stereocenters. The lowest BCUT2D eigenvalue weighted by molar-refractivity contribution is -0.143. The van der Waals surface area contributed by atoms with Crippen LogP contribution in [0, 0.1) is 0 Å². The van der Waals surface area contributed by atoms with E-state index < -0.39 is 12.1 Å². The van der Waals surface area contributed by atoms with Crippen LogP contribution < -0.4 is 5.32 Å². The molecular weight excluding hydrogens is 791 g/mol. The number of carbonyl (C=O) groups excluding carboxylic acids is 2. The molecule has 0 heterocycles. The van der Waals surface area contributed by atoms with E-state index in [-0.39, 0.29) is 18.5 Å². The number of aliphatic hydroxyl groups is 2. The Morgan fingerprint density at radius 2 is 0.812 bits per heavy atom. The molecule has 0 saturated carbocycles. The van der Waals surface area contributed by atoms with E-state index in [4.69, 9.17) is 4.74 Å². The molecule has 0 aliphatic rings. The highest BCUT2D eigenvalue weighted by Crippen LogP contribution is 2.16. The molecule has 0 fully saturated rings. The van der Waals surface area contributed by atoms with Crippen LogP contribution in [0.4, 0.5) is 0 Å². The molecule has 374 valence electrons. The molecule has 0 aliphatic carbocycles. The SMILES string of the molecule is CCC/C=C\C/C=C\CCCCCCCC(=O)OCCCC/C=C\CCCCCCCC(=O)NC(CO)C(O)/C=C/CCCCCCCCCCCCCCCCCCCCCCC. The zero-order valence-corrected chi connectivity index (χ0v) is 42.5. The van der Waals surface area contributed by atoms with Gasteiger partial charge >= 0.3 is 5.97 Å². The summed E-state index contributed by atoms with van der Waals surface area (Å²) in [4.78, 5) is 24.5. The highest BCUT2D eigenvalue weighted by molar-refractivity contribution is 5.76. The van der Waals surface area contributed by atoms with E-state index in [2.05, 4.69) is 55.6 Å². The smallest absolute Gasteiger partial charge is 0.305 e. The van der Waals surface area contributed by atoms with E-state index in [1.54, 1.807) is 6.08 Å². The van der Waals surface area contributed by atoms with Gasteiger partial charge in [0, 0.05) is 12.8 Å². The predicted molar refractivity (Wildman–Crippen MR) is 278 cm³/mol. The first-order chi connectivity index (χ1) is 31.5. The minimum atomic E-state index is -0.865. The summed E-state index contributed by atoms with van der Waals surface area (Å²) in [6.07, 6.45) is 67.0. The number of unbranched alkanes of at least 4 members (excludes halogenated alkanes) is 34. The third-order valence-corrected chi connectivity index (χ3v) is 12.5. The molecule has 3 N–H and O–H groups in total. The lowest BCUT2D eigenvalue weighted by Crippen LogP contribution is -2.45. The third kappa shape index (κ3) is 49.3. The molecule has 1 amide bonds. The second-order valence-corrected chi connectivity index (χ2v) is 18.9. The molecular formula is C58H107NO5. The maximum absolute atomic E-state index is 12.5. The van der Waals surface area contributed by atoms with Gasteiger partial charge < -0.3 is 20.3 Å². The van der Waals surface area contributed by atoms with Crippen LogP contribution in [0.5, 0.6) is 0 Å². The molecule has 0 aliphatic heterocycles. The zero-order valence-electron chi connectivity index (χ0n) is 42.5. The fourth-order valence-corrected chi connectivity index (χ4v) is 8.25. The monoisotopic (exact) mass is 898 g/mol. The Balaban J connectivity index is 3.56. The van der Waals surface area contributed by atoms with Crippen molar-refractivity contribution in [1.29, 1.82) is 0 Å². The van der Waals surface area contributed by atoms with Crippen molar-refractivity contribution in [3.8, 4) is 0 Å². The molecule has 0 saturated heterocycles.